The van der Waals surface area contributed by atoms with Crippen molar-refractivity contribution in [2.75, 3.05) is 24.9 Å². The summed E-state index contributed by atoms with van der Waals surface area (Å²) < 4.78 is 10.4. The van der Waals surface area contributed by atoms with Crippen LogP contribution in [0.3, 0.4) is 0 Å². The van der Waals surface area contributed by atoms with Gasteiger partial charge in [-0.1, -0.05) is 13.0 Å². The van der Waals surface area contributed by atoms with Crippen molar-refractivity contribution in [1.29, 1.82) is 0 Å². The maximum absolute atomic E-state index is 12.6. The van der Waals surface area contributed by atoms with Crippen molar-refractivity contribution < 1.29 is 19.1 Å². The normalized spacial score (nSPS) is 10.1. The number of carbonyl (C=O) groups is 2. The van der Waals surface area contributed by atoms with Gasteiger partial charge in [0.05, 0.1) is 19.8 Å². The molecule has 2 N–H and O–H groups in total. The number of benzene rings is 2. The lowest BCUT2D eigenvalue weighted by Crippen LogP contribution is -2.15. The Morgan fingerprint density at radius 2 is 1.68 bits per heavy atom. The number of hydrogen-bond acceptors (Lipinski definition) is 4. The highest BCUT2D eigenvalue weighted by molar-refractivity contribution is 6.07. The Kier molecular flexibility index (Phi) is 6.00. The first-order chi connectivity index (χ1) is 12.0. The van der Waals surface area contributed by atoms with Gasteiger partial charge in [-0.05, 0) is 36.8 Å². The van der Waals surface area contributed by atoms with Crippen molar-refractivity contribution in [2.45, 2.75) is 20.3 Å². The van der Waals surface area contributed by atoms with Crippen LogP contribution >= 0.6 is 0 Å². The van der Waals surface area contributed by atoms with Gasteiger partial charge in [-0.2, -0.15) is 0 Å². The van der Waals surface area contributed by atoms with Gasteiger partial charge in [0.2, 0.25) is 5.91 Å². The quantitative estimate of drug-likeness (QED) is 0.841. The van der Waals surface area contributed by atoms with E-state index in [4.69, 9.17) is 9.47 Å². The predicted molar refractivity (Wildman–Crippen MR) is 97.6 cm³/mol. The van der Waals surface area contributed by atoms with Crippen LogP contribution in [0.2, 0.25) is 0 Å². The maximum atomic E-state index is 12.6. The van der Waals surface area contributed by atoms with Crippen LogP contribution in [0.5, 0.6) is 11.5 Å². The van der Waals surface area contributed by atoms with Gasteiger partial charge in [-0.25, -0.2) is 0 Å². The van der Waals surface area contributed by atoms with E-state index in [9.17, 15) is 9.59 Å². The number of nitrogens with one attached hydrogen (secondary N) is 2. The summed E-state index contributed by atoms with van der Waals surface area (Å²) in [6.45, 7) is 3.62. The van der Waals surface area contributed by atoms with Crippen molar-refractivity contribution in [3.05, 3.63) is 47.5 Å². The van der Waals surface area contributed by atoms with Gasteiger partial charge in [0.15, 0.2) is 0 Å². The molecule has 0 unspecified atom stereocenters. The molecule has 2 aromatic carbocycles. The average Bonchev–Trinajstić information content (AvgIpc) is 2.64. The zero-order valence-corrected chi connectivity index (χ0v) is 14.8. The molecule has 6 nitrogen and oxygen atoms in total. The van der Waals surface area contributed by atoms with Crippen LogP contribution in [0.25, 0.3) is 0 Å². The Bertz CT molecular complexity index is 787. The van der Waals surface area contributed by atoms with E-state index in [1.54, 1.807) is 50.4 Å². The lowest BCUT2D eigenvalue weighted by atomic mass is 10.1. The van der Waals surface area contributed by atoms with Gasteiger partial charge in [0, 0.05) is 23.9 Å². The number of ether oxygens (including phenoxy) is 2. The van der Waals surface area contributed by atoms with Gasteiger partial charge in [-0.3, -0.25) is 9.59 Å². The van der Waals surface area contributed by atoms with Crippen LogP contribution in [0.15, 0.2) is 36.4 Å². The molecule has 2 amide bonds. The Balaban J connectivity index is 2.26. The number of amides is 2. The molecular weight excluding hydrogens is 320 g/mol. The minimum atomic E-state index is -0.304. The largest absolute Gasteiger partial charge is 0.497 e. The third-order valence-electron chi connectivity index (χ3n) is 3.83. The first kappa shape index (κ1) is 18.3. The molecule has 0 aliphatic heterocycles. The standard InChI is InChI=1S/C19H22N2O4/c1-5-18(22)20-15-7-6-8-16(12(15)2)21-19(23)14-10-9-13(24-3)11-17(14)25-4/h6-11H,5H2,1-4H3,(H,20,22)(H,21,23). The molecule has 0 saturated heterocycles. The summed E-state index contributed by atoms with van der Waals surface area (Å²) in [5.74, 6) is 0.642. The first-order valence-electron chi connectivity index (χ1n) is 7.93. The van der Waals surface area contributed by atoms with E-state index in [1.165, 1.54) is 7.11 Å². The van der Waals surface area contributed by atoms with Crippen molar-refractivity contribution in [3.8, 4) is 11.5 Å². The van der Waals surface area contributed by atoms with Gasteiger partial charge >= 0.3 is 0 Å². The number of rotatable bonds is 6. The molecule has 0 aliphatic rings. The van der Waals surface area contributed by atoms with Crippen molar-refractivity contribution in [2.24, 2.45) is 0 Å². The number of hydrogen-bond donors (Lipinski definition) is 2. The highest BCUT2D eigenvalue weighted by Gasteiger charge is 2.15. The molecule has 6 heteroatoms. The second-order valence-electron chi connectivity index (χ2n) is 5.40. The van der Waals surface area contributed by atoms with Crippen LogP contribution in [-0.4, -0.2) is 26.0 Å². The number of anilines is 2. The molecule has 0 aliphatic carbocycles. The monoisotopic (exact) mass is 342 g/mol. The fourth-order valence-electron chi connectivity index (χ4n) is 2.32. The van der Waals surface area contributed by atoms with Crippen LogP contribution < -0.4 is 20.1 Å². The third-order valence-corrected chi connectivity index (χ3v) is 3.83. The molecule has 132 valence electrons. The molecule has 2 rings (SSSR count). The molecular formula is C19H22N2O4. The molecule has 0 aromatic heterocycles. The highest BCUT2D eigenvalue weighted by atomic mass is 16.5. The summed E-state index contributed by atoms with van der Waals surface area (Å²) in [6.07, 6.45) is 0.388. The number of methoxy groups -OCH3 is 2. The SMILES string of the molecule is CCC(=O)Nc1cccc(NC(=O)c2ccc(OC)cc2OC)c1C. The Morgan fingerprint density at radius 3 is 2.28 bits per heavy atom. The zero-order valence-electron chi connectivity index (χ0n) is 14.8. The molecule has 2 aromatic rings. The lowest BCUT2D eigenvalue weighted by Gasteiger charge is -2.14. The molecule has 0 saturated carbocycles. The van der Waals surface area contributed by atoms with Crippen molar-refractivity contribution in [1.82, 2.24) is 0 Å². The average molecular weight is 342 g/mol. The van der Waals surface area contributed by atoms with Gasteiger partial charge < -0.3 is 20.1 Å². The molecule has 0 radical (unpaired) electrons. The van der Waals surface area contributed by atoms with Crippen molar-refractivity contribution >= 4 is 23.2 Å². The van der Waals surface area contributed by atoms with E-state index in [1.807, 2.05) is 6.92 Å². The number of carbonyl (C=O) groups excluding carboxylic acids is 2. The van der Waals surface area contributed by atoms with Crippen LogP contribution in [-0.2, 0) is 4.79 Å². The van der Waals surface area contributed by atoms with Gasteiger partial charge in [0.1, 0.15) is 11.5 Å². The highest BCUT2D eigenvalue weighted by Crippen LogP contribution is 2.28. The summed E-state index contributed by atoms with van der Waals surface area (Å²) in [4.78, 5) is 24.2. The topological polar surface area (TPSA) is 76.7 Å². The summed E-state index contributed by atoms with van der Waals surface area (Å²) in [5.41, 5.74) is 2.47. The van der Waals surface area contributed by atoms with Crippen LogP contribution in [0.1, 0.15) is 29.3 Å². The van der Waals surface area contributed by atoms with E-state index >= 15 is 0 Å². The predicted octanol–water partition coefficient (Wildman–Crippen LogP) is 3.61. The van der Waals surface area contributed by atoms with Crippen molar-refractivity contribution in [3.63, 3.8) is 0 Å². The minimum absolute atomic E-state index is 0.0802. The van der Waals surface area contributed by atoms with Gasteiger partial charge in [-0.15, -0.1) is 0 Å². The summed E-state index contributed by atoms with van der Waals surface area (Å²) in [6, 6.07) is 10.4. The Labute approximate surface area is 147 Å². The van der Waals surface area contributed by atoms with E-state index in [0.29, 0.717) is 34.9 Å². The van der Waals surface area contributed by atoms with E-state index in [2.05, 4.69) is 10.6 Å². The van der Waals surface area contributed by atoms with Gasteiger partial charge in [0.25, 0.3) is 5.91 Å². The fraction of sp³-hybridized carbons (Fsp3) is 0.263. The zero-order chi connectivity index (χ0) is 18.4. The molecule has 0 bridgehead atoms. The Morgan fingerprint density at radius 1 is 1.00 bits per heavy atom. The smallest absolute Gasteiger partial charge is 0.259 e. The van der Waals surface area contributed by atoms with E-state index < -0.39 is 0 Å². The fourth-order valence-corrected chi connectivity index (χ4v) is 2.32. The second kappa shape index (κ2) is 8.19. The molecule has 0 atom stereocenters. The molecule has 0 fully saturated rings. The minimum Gasteiger partial charge on any atom is -0.497 e. The van der Waals surface area contributed by atoms with E-state index in [-0.39, 0.29) is 11.8 Å². The summed E-state index contributed by atoms with van der Waals surface area (Å²) in [7, 11) is 3.05. The molecule has 0 heterocycles. The summed E-state index contributed by atoms with van der Waals surface area (Å²) >= 11 is 0. The third kappa shape index (κ3) is 4.29. The molecule has 0 spiro atoms. The maximum Gasteiger partial charge on any atom is 0.259 e. The lowest BCUT2D eigenvalue weighted by molar-refractivity contribution is -0.115. The van der Waals surface area contributed by atoms with Crippen LogP contribution in [0.4, 0.5) is 11.4 Å². The first-order valence-corrected chi connectivity index (χ1v) is 7.93. The van der Waals surface area contributed by atoms with Crippen LogP contribution in [0, 0.1) is 6.92 Å². The summed E-state index contributed by atoms with van der Waals surface area (Å²) in [5, 5.41) is 5.68. The Hall–Kier alpha value is -3.02. The second-order valence-corrected chi connectivity index (χ2v) is 5.40. The van der Waals surface area contributed by atoms with E-state index in [0.717, 1.165) is 5.56 Å². The molecule has 25 heavy (non-hydrogen) atoms.